The molecule has 0 spiro atoms. The Balaban J connectivity index is 1.63. The van der Waals surface area contributed by atoms with Crippen molar-refractivity contribution in [1.29, 1.82) is 0 Å². The monoisotopic (exact) mass is 423 g/mol. The maximum atomic E-state index is 13.6. The molecule has 0 saturated heterocycles. The van der Waals surface area contributed by atoms with Gasteiger partial charge in [-0.2, -0.15) is 0 Å². The Labute approximate surface area is 175 Å². The fourth-order valence-corrected chi connectivity index (χ4v) is 4.73. The summed E-state index contributed by atoms with van der Waals surface area (Å²) >= 11 is 0. The third-order valence-corrected chi connectivity index (χ3v) is 6.63. The van der Waals surface area contributed by atoms with Crippen molar-refractivity contribution in [2.24, 2.45) is 0 Å². The van der Waals surface area contributed by atoms with Crippen LogP contribution in [0.1, 0.15) is 11.1 Å². The lowest BCUT2D eigenvalue weighted by Crippen LogP contribution is -2.28. The summed E-state index contributed by atoms with van der Waals surface area (Å²) < 4.78 is 43.5. The van der Waals surface area contributed by atoms with E-state index in [9.17, 15) is 12.8 Å². The first kappa shape index (κ1) is 20.3. The van der Waals surface area contributed by atoms with Crippen molar-refractivity contribution in [2.45, 2.75) is 25.3 Å². The Morgan fingerprint density at radius 3 is 2.50 bits per heavy atom. The van der Waals surface area contributed by atoms with Gasteiger partial charge in [-0.1, -0.05) is 48.0 Å². The number of hydrogen-bond acceptors (Lipinski definition) is 3. The number of hydrogen-bond donors (Lipinski definition) is 1. The number of sulfonamides is 1. The number of fused-ring (bicyclic) bond motifs is 1. The molecule has 1 heterocycles. The predicted molar refractivity (Wildman–Crippen MR) is 116 cm³/mol. The molecule has 0 amide bonds. The molecule has 0 aliphatic heterocycles. The number of nitrogens with zero attached hydrogens (tertiary/aromatic N) is 2. The summed E-state index contributed by atoms with van der Waals surface area (Å²) in [7, 11) is -3.83. The number of para-hydroxylation sites is 2. The predicted octanol–water partition coefficient (Wildman–Crippen LogP) is 4.44. The first-order valence-corrected chi connectivity index (χ1v) is 11.1. The SMILES string of the molecule is Cc1ccc(-c2nc3ccccc3n2CCNS(=O)(=O)c2cc(F)ccc2C)cc1. The minimum absolute atomic E-state index is 0.0447. The van der Waals surface area contributed by atoms with Gasteiger partial charge < -0.3 is 4.57 Å². The number of halogens is 1. The third kappa shape index (κ3) is 3.99. The fourth-order valence-electron chi connectivity index (χ4n) is 3.46. The summed E-state index contributed by atoms with van der Waals surface area (Å²) in [4.78, 5) is 4.70. The smallest absolute Gasteiger partial charge is 0.240 e. The van der Waals surface area contributed by atoms with Crippen LogP contribution in [0.3, 0.4) is 0 Å². The first-order valence-electron chi connectivity index (χ1n) is 9.63. The van der Waals surface area contributed by atoms with E-state index < -0.39 is 15.8 Å². The van der Waals surface area contributed by atoms with E-state index in [1.54, 1.807) is 6.92 Å². The van der Waals surface area contributed by atoms with Gasteiger partial charge in [-0.15, -0.1) is 0 Å². The first-order chi connectivity index (χ1) is 14.3. The van der Waals surface area contributed by atoms with Crippen LogP contribution in [0.2, 0.25) is 0 Å². The lowest BCUT2D eigenvalue weighted by Gasteiger charge is -2.12. The molecule has 0 unspecified atom stereocenters. The number of benzene rings is 3. The van der Waals surface area contributed by atoms with Crippen LogP contribution in [0.15, 0.2) is 71.6 Å². The van der Waals surface area contributed by atoms with Gasteiger partial charge in [0, 0.05) is 18.7 Å². The van der Waals surface area contributed by atoms with Crippen LogP contribution < -0.4 is 4.72 Å². The maximum absolute atomic E-state index is 13.6. The van der Waals surface area contributed by atoms with Gasteiger partial charge in [0.2, 0.25) is 10.0 Å². The normalized spacial score (nSPS) is 11.8. The topological polar surface area (TPSA) is 64.0 Å². The summed E-state index contributed by atoms with van der Waals surface area (Å²) in [6, 6.07) is 19.6. The zero-order valence-electron chi connectivity index (χ0n) is 16.8. The van der Waals surface area contributed by atoms with Crippen molar-refractivity contribution in [3.05, 3.63) is 83.7 Å². The highest BCUT2D eigenvalue weighted by Crippen LogP contribution is 2.25. The molecule has 0 aliphatic carbocycles. The number of imidazole rings is 1. The molecule has 0 radical (unpaired) electrons. The molecular formula is C23H22FN3O2S. The van der Waals surface area contributed by atoms with Crippen LogP contribution in [0.5, 0.6) is 0 Å². The van der Waals surface area contributed by atoms with Gasteiger partial charge in [-0.05, 0) is 43.7 Å². The zero-order chi connectivity index (χ0) is 21.3. The van der Waals surface area contributed by atoms with E-state index in [-0.39, 0.29) is 11.4 Å². The summed E-state index contributed by atoms with van der Waals surface area (Å²) in [5.41, 5.74) is 4.38. The largest absolute Gasteiger partial charge is 0.323 e. The highest BCUT2D eigenvalue weighted by atomic mass is 32.2. The molecule has 7 heteroatoms. The summed E-state index contributed by atoms with van der Waals surface area (Å²) in [5, 5.41) is 0. The summed E-state index contributed by atoms with van der Waals surface area (Å²) in [6.07, 6.45) is 0. The van der Waals surface area contributed by atoms with Crippen molar-refractivity contribution in [3.63, 3.8) is 0 Å². The van der Waals surface area contributed by atoms with E-state index in [4.69, 9.17) is 4.98 Å². The van der Waals surface area contributed by atoms with Gasteiger partial charge in [0.05, 0.1) is 15.9 Å². The maximum Gasteiger partial charge on any atom is 0.240 e. The minimum atomic E-state index is -3.83. The average molecular weight is 424 g/mol. The minimum Gasteiger partial charge on any atom is -0.323 e. The Morgan fingerprint density at radius 1 is 1.00 bits per heavy atom. The van der Waals surface area contributed by atoms with Crippen LogP contribution in [0, 0.1) is 19.7 Å². The Bertz CT molecular complexity index is 1310. The molecular weight excluding hydrogens is 401 g/mol. The van der Waals surface area contributed by atoms with Gasteiger partial charge in [0.15, 0.2) is 0 Å². The molecule has 0 fully saturated rings. The standard InChI is InChI=1S/C23H22FN3O2S/c1-16-7-10-18(11-8-16)23-26-20-5-3-4-6-21(20)27(23)14-13-25-30(28,29)22-15-19(24)12-9-17(22)2/h3-12,15,25H,13-14H2,1-2H3. The lowest BCUT2D eigenvalue weighted by molar-refractivity contribution is 0.570. The Morgan fingerprint density at radius 2 is 1.73 bits per heavy atom. The van der Waals surface area contributed by atoms with E-state index in [2.05, 4.69) is 4.72 Å². The van der Waals surface area contributed by atoms with Gasteiger partial charge in [-0.3, -0.25) is 0 Å². The molecule has 0 saturated carbocycles. The molecule has 4 rings (SSSR count). The number of nitrogens with one attached hydrogen (secondary N) is 1. The van der Waals surface area contributed by atoms with Crippen molar-refractivity contribution >= 4 is 21.1 Å². The van der Waals surface area contributed by atoms with E-state index in [1.165, 1.54) is 12.1 Å². The van der Waals surface area contributed by atoms with Crippen LogP contribution in [-0.4, -0.2) is 24.5 Å². The lowest BCUT2D eigenvalue weighted by atomic mass is 10.1. The molecule has 30 heavy (non-hydrogen) atoms. The highest BCUT2D eigenvalue weighted by molar-refractivity contribution is 7.89. The summed E-state index contributed by atoms with van der Waals surface area (Å²) in [6.45, 7) is 4.21. The van der Waals surface area contributed by atoms with E-state index >= 15 is 0 Å². The van der Waals surface area contributed by atoms with Crippen molar-refractivity contribution in [1.82, 2.24) is 14.3 Å². The van der Waals surface area contributed by atoms with Crippen molar-refractivity contribution in [3.8, 4) is 11.4 Å². The van der Waals surface area contributed by atoms with Gasteiger partial charge >= 0.3 is 0 Å². The molecule has 4 aromatic rings. The van der Waals surface area contributed by atoms with Crippen molar-refractivity contribution in [2.75, 3.05) is 6.54 Å². The van der Waals surface area contributed by atoms with E-state index in [0.717, 1.165) is 34.1 Å². The van der Waals surface area contributed by atoms with Gasteiger partial charge in [-0.25, -0.2) is 22.5 Å². The van der Waals surface area contributed by atoms with Gasteiger partial charge in [0.25, 0.3) is 0 Å². The second-order valence-corrected chi connectivity index (χ2v) is 8.98. The molecule has 1 aromatic heterocycles. The van der Waals surface area contributed by atoms with Gasteiger partial charge in [0.1, 0.15) is 11.6 Å². The number of aromatic nitrogens is 2. The molecule has 0 aliphatic rings. The quantitative estimate of drug-likeness (QED) is 0.499. The van der Waals surface area contributed by atoms with Crippen molar-refractivity contribution < 1.29 is 12.8 Å². The molecule has 3 aromatic carbocycles. The molecule has 0 bridgehead atoms. The van der Waals surface area contributed by atoms with Crippen LogP contribution >= 0.6 is 0 Å². The van der Waals surface area contributed by atoms with Crippen LogP contribution in [0.4, 0.5) is 4.39 Å². The van der Waals surface area contributed by atoms with Crippen LogP contribution in [0.25, 0.3) is 22.4 Å². The Hall–Kier alpha value is -3.03. The molecule has 0 atom stereocenters. The highest BCUT2D eigenvalue weighted by Gasteiger charge is 2.18. The zero-order valence-corrected chi connectivity index (χ0v) is 17.6. The molecule has 154 valence electrons. The molecule has 5 nitrogen and oxygen atoms in total. The number of rotatable bonds is 6. The Kier molecular flexibility index (Phi) is 5.40. The second kappa shape index (κ2) is 8.01. The van der Waals surface area contributed by atoms with E-state index in [1.807, 2.05) is 60.0 Å². The second-order valence-electron chi connectivity index (χ2n) is 7.25. The van der Waals surface area contributed by atoms with E-state index in [0.29, 0.717) is 12.1 Å². The molecule has 1 N–H and O–H groups in total. The average Bonchev–Trinajstić information content (AvgIpc) is 3.09. The fraction of sp³-hybridized carbons (Fsp3) is 0.174. The number of aryl methyl sites for hydroxylation is 2. The summed E-state index contributed by atoms with van der Waals surface area (Å²) in [5.74, 6) is 0.195. The third-order valence-electron chi connectivity index (χ3n) is 5.03. The van der Waals surface area contributed by atoms with Crippen LogP contribution in [-0.2, 0) is 16.6 Å².